The number of fused-ring (bicyclic) bond motifs is 1. The molecule has 0 spiro atoms. The van der Waals surface area contributed by atoms with Crippen LogP contribution < -0.4 is 0 Å². The second-order valence-corrected chi connectivity index (χ2v) is 6.41. The van der Waals surface area contributed by atoms with Gasteiger partial charge in [0.1, 0.15) is 18.4 Å². The maximum atomic E-state index is 14.6. The number of pyridine rings is 1. The molecule has 3 rings (SSSR count). The van der Waals surface area contributed by atoms with E-state index < -0.39 is 12.0 Å². The summed E-state index contributed by atoms with van der Waals surface area (Å²) >= 11 is 3.37. The van der Waals surface area contributed by atoms with Crippen LogP contribution in [-0.4, -0.2) is 36.5 Å². The summed E-state index contributed by atoms with van der Waals surface area (Å²) < 4.78 is 39.9. The number of rotatable bonds is 6. The van der Waals surface area contributed by atoms with E-state index in [-0.39, 0.29) is 30.8 Å². The molecule has 2 heterocycles. The Balaban J connectivity index is 1.86. The molecule has 1 N–H and O–H groups in total. The van der Waals surface area contributed by atoms with Crippen LogP contribution in [0.3, 0.4) is 0 Å². The molecule has 0 saturated carbocycles. The zero-order valence-corrected chi connectivity index (χ0v) is 14.7. The van der Waals surface area contributed by atoms with Gasteiger partial charge >= 0.3 is 0 Å². The largest absolute Gasteiger partial charge is 0.488 e. The molecule has 24 heavy (non-hydrogen) atoms. The zero-order valence-electron chi connectivity index (χ0n) is 13.1. The third-order valence-electron chi connectivity index (χ3n) is 3.90. The molecule has 0 fully saturated rings. The number of alkyl halides is 1. The normalized spacial score (nSPS) is 18.2. The summed E-state index contributed by atoms with van der Waals surface area (Å²) in [5.74, 6) is -0.530. The van der Waals surface area contributed by atoms with Crippen molar-refractivity contribution in [3.05, 3.63) is 51.7 Å². The number of aromatic nitrogens is 2. The predicted octanol–water partition coefficient (Wildman–Crippen LogP) is 4.38. The van der Waals surface area contributed by atoms with Crippen molar-refractivity contribution in [3.63, 3.8) is 0 Å². The van der Waals surface area contributed by atoms with Gasteiger partial charge in [-0.15, -0.1) is 0 Å². The fraction of sp³-hybridized carbons (Fsp3) is 0.353. The van der Waals surface area contributed by atoms with Crippen molar-refractivity contribution in [1.29, 1.82) is 0 Å². The summed E-state index contributed by atoms with van der Waals surface area (Å²) in [6.45, 7) is 0.574. The lowest BCUT2D eigenvalue weighted by Gasteiger charge is -2.20. The van der Waals surface area contributed by atoms with Crippen LogP contribution in [0.25, 0.3) is 11.0 Å². The van der Waals surface area contributed by atoms with Gasteiger partial charge < -0.3 is 14.5 Å². The average Bonchev–Trinajstić information content (AvgIpc) is 2.96. The van der Waals surface area contributed by atoms with Gasteiger partial charge in [0.05, 0.1) is 6.61 Å². The second kappa shape index (κ2) is 7.44. The topological polar surface area (TPSA) is 47.1 Å². The van der Waals surface area contributed by atoms with E-state index in [9.17, 15) is 8.78 Å². The molecule has 0 radical (unpaired) electrons. The number of hydrogen-bond donors (Lipinski definition) is 1. The second-order valence-electron chi connectivity index (χ2n) is 5.49. The smallest absolute Gasteiger partial charge is 0.167 e. The van der Waals surface area contributed by atoms with E-state index in [1.165, 1.54) is 13.2 Å². The summed E-state index contributed by atoms with van der Waals surface area (Å²) in [6.07, 6.45) is 3.77. The van der Waals surface area contributed by atoms with Gasteiger partial charge in [0.2, 0.25) is 0 Å². The van der Waals surface area contributed by atoms with Crippen LogP contribution in [0.5, 0.6) is 0 Å². The number of H-pyrrole nitrogens is 1. The van der Waals surface area contributed by atoms with E-state index in [0.29, 0.717) is 12.3 Å². The van der Waals surface area contributed by atoms with Crippen LogP contribution in [0.2, 0.25) is 0 Å². The summed E-state index contributed by atoms with van der Waals surface area (Å²) in [6, 6.07) is 1.88. The van der Waals surface area contributed by atoms with Crippen LogP contribution in [0.4, 0.5) is 8.78 Å². The van der Waals surface area contributed by atoms with Gasteiger partial charge in [0, 0.05) is 47.8 Å². The molecule has 4 nitrogen and oxygen atoms in total. The Morgan fingerprint density at radius 3 is 3.04 bits per heavy atom. The Labute approximate surface area is 146 Å². The summed E-state index contributed by atoms with van der Waals surface area (Å²) in [4.78, 5) is 7.27. The molecule has 0 bridgehead atoms. The Morgan fingerprint density at radius 1 is 1.42 bits per heavy atom. The highest BCUT2D eigenvalue weighted by molar-refractivity contribution is 9.10. The summed E-state index contributed by atoms with van der Waals surface area (Å²) in [5.41, 5.74) is 1.59. The third-order valence-corrected chi connectivity index (χ3v) is 4.33. The molecule has 1 aliphatic carbocycles. The Kier molecular flexibility index (Phi) is 5.30. The van der Waals surface area contributed by atoms with Crippen LogP contribution in [-0.2, 0) is 15.9 Å². The minimum atomic E-state index is -1.36. The molecule has 7 heteroatoms. The molecule has 0 aliphatic heterocycles. The maximum absolute atomic E-state index is 14.6. The highest BCUT2D eigenvalue weighted by Gasteiger charge is 2.26. The van der Waals surface area contributed by atoms with E-state index in [0.717, 1.165) is 15.4 Å². The molecule has 1 unspecified atom stereocenters. The fourth-order valence-corrected chi connectivity index (χ4v) is 3.00. The molecule has 2 aromatic rings. The van der Waals surface area contributed by atoms with Crippen LogP contribution in [0, 0.1) is 0 Å². The summed E-state index contributed by atoms with van der Waals surface area (Å²) in [5, 5.41) is 0.841. The minimum absolute atomic E-state index is 0.0927. The van der Waals surface area contributed by atoms with Crippen molar-refractivity contribution in [2.45, 2.75) is 19.0 Å². The first-order chi connectivity index (χ1) is 11.6. The molecular weight excluding hydrogens is 382 g/mol. The first-order valence-corrected chi connectivity index (χ1v) is 8.36. The highest BCUT2D eigenvalue weighted by Crippen LogP contribution is 2.33. The molecule has 1 aliphatic rings. The van der Waals surface area contributed by atoms with Crippen LogP contribution in [0.1, 0.15) is 12.0 Å². The molecule has 0 saturated heterocycles. The number of methoxy groups -OCH3 is 1. The number of hydrogen-bond acceptors (Lipinski definition) is 3. The number of allylic oxidation sites excluding steroid dienone is 3. The molecule has 128 valence electrons. The van der Waals surface area contributed by atoms with Gasteiger partial charge in [0.25, 0.3) is 0 Å². The zero-order chi connectivity index (χ0) is 17.1. The minimum Gasteiger partial charge on any atom is -0.488 e. The fourth-order valence-electron chi connectivity index (χ4n) is 2.67. The number of ether oxygens (including phenoxy) is 2. The maximum Gasteiger partial charge on any atom is 0.167 e. The predicted molar refractivity (Wildman–Crippen MR) is 91.1 cm³/mol. The molecule has 2 aromatic heterocycles. The SMILES string of the molecule is COCCOC1=CCC(F)C(Cc2c[nH]c3ncc(Br)cc23)=C1F. The number of nitrogens with one attached hydrogen (secondary N) is 1. The van der Waals surface area contributed by atoms with E-state index in [1.54, 1.807) is 12.4 Å². The van der Waals surface area contributed by atoms with Crippen molar-refractivity contribution in [2.75, 3.05) is 20.3 Å². The molecular formula is C17H17BrF2N2O2. The van der Waals surface area contributed by atoms with Crippen LogP contribution in [0.15, 0.2) is 46.2 Å². The molecule has 1 atom stereocenters. The highest BCUT2D eigenvalue weighted by atomic mass is 79.9. The van der Waals surface area contributed by atoms with E-state index >= 15 is 0 Å². The van der Waals surface area contributed by atoms with E-state index in [4.69, 9.17) is 9.47 Å². The van der Waals surface area contributed by atoms with Crippen molar-refractivity contribution < 1.29 is 18.3 Å². The third kappa shape index (κ3) is 3.52. The first kappa shape index (κ1) is 17.1. The standard InChI is InChI=1S/C17H17BrF2N2O2/c1-23-4-5-24-15-3-2-14(19)13(16(15)20)6-10-8-21-17-12(10)7-11(18)9-22-17/h3,7-9,14H,2,4-6H2,1H3,(H,21,22). The van der Waals surface area contributed by atoms with Crippen molar-refractivity contribution in [3.8, 4) is 0 Å². The number of aromatic amines is 1. The average molecular weight is 399 g/mol. The van der Waals surface area contributed by atoms with Crippen molar-refractivity contribution in [1.82, 2.24) is 9.97 Å². The Morgan fingerprint density at radius 2 is 2.25 bits per heavy atom. The monoisotopic (exact) mass is 398 g/mol. The lowest BCUT2D eigenvalue weighted by molar-refractivity contribution is 0.107. The van der Waals surface area contributed by atoms with Gasteiger partial charge in [-0.3, -0.25) is 0 Å². The van der Waals surface area contributed by atoms with Gasteiger partial charge in [-0.1, -0.05) is 0 Å². The molecule has 0 amide bonds. The van der Waals surface area contributed by atoms with Gasteiger partial charge in [-0.05, 0) is 33.6 Å². The molecule has 0 aromatic carbocycles. The van der Waals surface area contributed by atoms with Gasteiger partial charge in [-0.2, -0.15) is 0 Å². The van der Waals surface area contributed by atoms with Crippen molar-refractivity contribution >= 4 is 27.0 Å². The quantitative estimate of drug-likeness (QED) is 0.734. The number of halogens is 3. The first-order valence-electron chi connectivity index (χ1n) is 7.56. The number of nitrogens with zero attached hydrogens (tertiary/aromatic N) is 1. The lowest BCUT2D eigenvalue weighted by Crippen LogP contribution is -2.15. The Bertz CT molecular complexity index is 801. The summed E-state index contributed by atoms with van der Waals surface area (Å²) in [7, 11) is 1.54. The van der Waals surface area contributed by atoms with Gasteiger partial charge in [-0.25, -0.2) is 13.8 Å². The lowest BCUT2D eigenvalue weighted by atomic mass is 9.94. The van der Waals surface area contributed by atoms with E-state index in [2.05, 4.69) is 25.9 Å². The van der Waals surface area contributed by atoms with Gasteiger partial charge in [0.15, 0.2) is 11.6 Å². The van der Waals surface area contributed by atoms with E-state index in [1.807, 2.05) is 6.07 Å². The van der Waals surface area contributed by atoms with Crippen molar-refractivity contribution in [2.24, 2.45) is 0 Å². The van der Waals surface area contributed by atoms with Crippen LogP contribution >= 0.6 is 15.9 Å². The Hall–Kier alpha value is -1.73.